The molecule has 0 aromatic heterocycles. The van der Waals surface area contributed by atoms with Crippen molar-refractivity contribution in [3.8, 4) is 0 Å². The molecule has 2 bridgehead atoms. The summed E-state index contributed by atoms with van der Waals surface area (Å²) in [4.78, 5) is 48.8. The SMILES string of the molecule is CCC(C)(C)C(=O)OC(CC(C)C)C(F)(F)CC(F)(F)F.CCC(C)(C)C(=O)OC1C2CC3C1OC(=O)C3C2C(=O)OC(C(F)(F)F)C(F)(F)F. The molecule has 0 amide bonds. The lowest BCUT2D eigenvalue weighted by atomic mass is 9.78. The average molecular weight is 765 g/mol. The summed E-state index contributed by atoms with van der Waals surface area (Å²) in [6, 6.07) is 0. The summed E-state index contributed by atoms with van der Waals surface area (Å²) in [7, 11) is 0. The number of hydrogen-bond acceptors (Lipinski definition) is 8. The van der Waals surface area contributed by atoms with Gasteiger partial charge in [0.05, 0.1) is 22.7 Å². The summed E-state index contributed by atoms with van der Waals surface area (Å²) >= 11 is 0. The Morgan fingerprint density at radius 2 is 1.27 bits per heavy atom. The van der Waals surface area contributed by atoms with Gasteiger partial charge in [-0.25, -0.2) is 8.78 Å². The summed E-state index contributed by atoms with van der Waals surface area (Å²) in [6.07, 6.45) is -27.0. The highest BCUT2D eigenvalue weighted by molar-refractivity contribution is 5.86. The maximum Gasteiger partial charge on any atom is 0.434 e. The molecular formula is C32H43F11O8. The van der Waals surface area contributed by atoms with Gasteiger partial charge in [-0.2, -0.15) is 39.5 Å². The van der Waals surface area contributed by atoms with E-state index in [0.717, 1.165) is 0 Å². The lowest BCUT2D eigenvalue weighted by molar-refractivity contribution is -0.315. The van der Waals surface area contributed by atoms with Crippen LogP contribution in [0.15, 0.2) is 0 Å². The standard InChI is InChI=1S/C18H20F6O6.C14H23F5O2/c1-4-16(2,3)15(27)29-11-7-5-6-8(12(25)28-10(6)11)9(7)13(26)30-14(17(19,20)21)18(22,23)24;1-6-12(4,5)11(20)21-10(7-9(2)3)13(15,16)8-14(17,18)19/h6-11,14H,4-5H2,1-3H3;9-10H,6-8H2,1-5H3. The molecule has 0 radical (unpaired) electrons. The van der Waals surface area contributed by atoms with E-state index in [1.165, 1.54) is 13.8 Å². The molecule has 1 heterocycles. The monoisotopic (exact) mass is 764 g/mol. The van der Waals surface area contributed by atoms with E-state index in [0.29, 0.717) is 12.8 Å². The van der Waals surface area contributed by atoms with Gasteiger partial charge in [0, 0.05) is 11.8 Å². The first-order chi connectivity index (χ1) is 22.8. The molecule has 2 aliphatic carbocycles. The molecule has 7 atom stereocenters. The minimum Gasteiger partial charge on any atom is -0.458 e. The molecule has 1 saturated heterocycles. The molecule has 296 valence electrons. The van der Waals surface area contributed by atoms with Gasteiger partial charge in [0.1, 0.15) is 18.6 Å². The van der Waals surface area contributed by atoms with Gasteiger partial charge >= 0.3 is 42.4 Å². The first-order valence-corrected chi connectivity index (χ1v) is 16.2. The van der Waals surface area contributed by atoms with Crippen molar-refractivity contribution in [2.75, 3.05) is 0 Å². The average Bonchev–Trinajstić information content (AvgIpc) is 3.57. The Labute approximate surface area is 287 Å². The van der Waals surface area contributed by atoms with Gasteiger partial charge in [-0.05, 0) is 59.3 Å². The van der Waals surface area contributed by atoms with Crippen molar-refractivity contribution in [3.05, 3.63) is 0 Å². The van der Waals surface area contributed by atoms with Crippen LogP contribution in [0, 0.1) is 40.4 Å². The maximum absolute atomic E-state index is 13.8. The van der Waals surface area contributed by atoms with Crippen LogP contribution < -0.4 is 0 Å². The molecule has 0 aromatic carbocycles. The van der Waals surface area contributed by atoms with Crippen molar-refractivity contribution >= 4 is 23.9 Å². The Morgan fingerprint density at radius 3 is 1.71 bits per heavy atom. The van der Waals surface area contributed by atoms with Crippen molar-refractivity contribution in [2.24, 2.45) is 40.4 Å². The zero-order valence-corrected chi connectivity index (χ0v) is 29.2. The quantitative estimate of drug-likeness (QED) is 0.112. The van der Waals surface area contributed by atoms with Crippen LogP contribution in [-0.2, 0) is 38.1 Å². The number of esters is 4. The smallest absolute Gasteiger partial charge is 0.434 e. The molecule has 51 heavy (non-hydrogen) atoms. The minimum absolute atomic E-state index is 0.0913. The second kappa shape index (κ2) is 15.2. The van der Waals surface area contributed by atoms with Crippen LogP contribution in [0.1, 0.15) is 87.5 Å². The number of ether oxygens (including phenoxy) is 4. The lowest BCUT2D eigenvalue weighted by Crippen LogP contribution is -2.50. The van der Waals surface area contributed by atoms with Gasteiger partial charge in [0.2, 0.25) is 0 Å². The normalized spacial score (nSPS) is 25.7. The second-order valence-corrected chi connectivity index (χ2v) is 14.8. The van der Waals surface area contributed by atoms with E-state index < -0.39 is 114 Å². The highest BCUT2D eigenvalue weighted by Gasteiger charge is 2.71. The molecule has 0 N–H and O–H groups in total. The van der Waals surface area contributed by atoms with Gasteiger partial charge in [0.25, 0.3) is 12.0 Å². The Bertz CT molecular complexity index is 1260. The van der Waals surface area contributed by atoms with Crippen LogP contribution in [-0.4, -0.2) is 72.7 Å². The number of fused-ring (bicyclic) bond motifs is 1. The van der Waals surface area contributed by atoms with Crippen LogP contribution in [0.3, 0.4) is 0 Å². The van der Waals surface area contributed by atoms with Crippen LogP contribution in [0.2, 0.25) is 0 Å². The van der Waals surface area contributed by atoms with E-state index >= 15 is 0 Å². The van der Waals surface area contributed by atoms with E-state index in [9.17, 15) is 67.5 Å². The molecule has 0 spiro atoms. The first kappa shape index (κ1) is 44.3. The van der Waals surface area contributed by atoms with E-state index in [1.54, 1.807) is 41.5 Å². The van der Waals surface area contributed by atoms with Gasteiger partial charge in [0.15, 0.2) is 6.10 Å². The van der Waals surface area contributed by atoms with Gasteiger partial charge in [-0.1, -0.05) is 27.7 Å². The third kappa shape index (κ3) is 10.6. The lowest BCUT2D eigenvalue weighted by Gasteiger charge is -2.33. The third-order valence-electron chi connectivity index (χ3n) is 9.60. The van der Waals surface area contributed by atoms with Gasteiger partial charge in [-0.3, -0.25) is 19.2 Å². The third-order valence-corrected chi connectivity index (χ3v) is 9.60. The molecule has 7 unspecified atom stereocenters. The minimum atomic E-state index is -5.87. The summed E-state index contributed by atoms with van der Waals surface area (Å²) in [6.45, 7) is 12.7. The molecule has 2 saturated carbocycles. The molecule has 19 heteroatoms. The van der Waals surface area contributed by atoms with Crippen molar-refractivity contribution in [1.29, 1.82) is 0 Å². The summed E-state index contributed by atoms with van der Waals surface area (Å²) in [5.41, 5.74) is -1.93. The number of rotatable bonds is 12. The molecule has 3 rings (SSSR count). The van der Waals surface area contributed by atoms with Crippen LogP contribution in [0.4, 0.5) is 48.3 Å². The fraction of sp³-hybridized carbons (Fsp3) is 0.875. The fourth-order valence-corrected chi connectivity index (χ4v) is 5.96. The topological polar surface area (TPSA) is 105 Å². The number of carbonyl (C=O) groups is 4. The van der Waals surface area contributed by atoms with Crippen LogP contribution in [0.5, 0.6) is 0 Å². The summed E-state index contributed by atoms with van der Waals surface area (Å²) in [5.74, 6) is -13.2. The molecule has 0 aromatic rings. The van der Waals surface area contributed by atoms with E-state index in [4.69, 9.17) is 14.2 Å². The zero-order chi connectivity index (χ0) is 39.9. The van der Waals surface area contributed by atoms with E-state index in [1.807, 2.05) is 0 Å². The molecule has 8 nitrogen and oxygen atoms in total. The first-order valence-electron chi connectivity index (χ1n) is 16.2. The highest BCUT2D eigenvalue weighted by Crippen LogP contribution is 2.59. The Kier molecular flexibility index (Phi) is 13.2. The fourth-order valence-electron chi connectivity index (χ4n) is 5.96. The second-order valence-electron chi connectivity index (χ2n) is 14.8. The van der Waals surface area contributed by atoms with Crippen LogP contribution >= 0.6 is 0 Å². The van der Waals surface area contributed by atoms with Crippen molar-refractivity contribution in [1.82, 2.24) is 0 Å². The van der Waals surface area contributed by atoms with Crippen molar-refractivity contribution in [2.45, 2.75) is 136 Å². The van der Waals surface area contributed by atoms with Crippen molar-refractivity contribution < 1.29 is 86.4 Å². The van der Waals surface area contributed by atoms with E-state index in [2.05, 4.69) is 4.74 Å². The van der Waals surface area contributed by atoms with Gasteiger partial charge in [-0.15, -0.1) is 0 Å². The Morgan fingerprint density at radius 1 is 0.784 bits per heavy atom. The zero-order valence-electron chi connectivity index (χ0n) is 29.2. The number of carbonyl (C=O) groups excluding carboxylic acids is 4. The van der Waals surface area contributed by atoms with Crippen LogP contribution in [0.25, 0.3) is 0 Å². The number of alkyl halides is 11. The van der Waals surface area contributed by atoms with Gasteiger partial charge < -0.3 is 18.9 Å². The molecule has 3 fully saturated rings. The number of halogens is 11. The Balaban J connectivity index is 0.000000380. The summed E-state index contributed by atoms with van der Waals surface area (Å²) < 4.78 is 160. The predicted octanol–water partition coefficient (Wildman–Crippen LogP) is 8.15. The number of hydrogen-bond donors (Lipinski definition) is 0. The highest BCUT2D eigenvalue weighted by atomic mass is 19.4. The Hall–Kier alpha value is -2.89. The van der Waals surface area contributed by atoms with E-state index in [-0.39, 0.29) is 18.8 Å². The molecule has 3 aliphatic rings. The summed E-state index contributed by atoms with van der Waals surface area (Å²) in [5, 5.41) is 0. The maximum atomic E-state index is 13.8. The predicted molar refractivity (Wildman–Crippen MR) is 153 cm³/mol. The largest absolute Gasteiger partial charge is 0.458 e. The van der Waals surface area contributed by atoms with Crippen molar-refractivity contribution in [3.63, 3.8) is 0 Å². The molecular weight excluding hydrogens is 721 g/mol. The molecule has 1 aliphatic heterocycles.